The third-order valence-electron chi connectivity index (χ3n) is 5.68. The molecule has 0 spiro atoms. The number of hydrogen-bond donors (Lipinski definition) is 0. The Kier molecular flexibility index (Phi) is 4.18. The van der Waals surface area contributed by atoms with Gasteiger partial charge in [-0.2, -0.15) is 0 Å². The maximum atomic E-state index is 5.92. The molecule has 0 bridgehead atoms. The van der Waals surface area contributed by atoms with Crippen molar-refractivity contribution in [2.45, 2.75) is 13.8 Å². The number of aryl methyl sites for hydroxylation is 2. The number of oxazole rings is 2. The molecule has 0 radical (unpaired) electrons. The van der Waals surface area contributed by atoms with Gasteiger partial charge >= 0.3 is 0 Å². The summed E-state index contributed by atoms with van der Waals surface area (Å²) in [5.41, 5.74) is 9.89. The first-order valence-electron chi connectivity index (χ1n) is 10.6. The van der Waals surface area contributed by atoms with E-state index in [9.17, 15) is 0 Å². The van der Waals surface area contributed by atoms with Crippen molar-refractivity contribution in [3.8, 4) is 34.0 Å². The molecule has 0 atom stereocenters. The lowest BCUT2D eigenvalue weighted by molar-refractivity contribution is 0.619. The summed E-state index contributed by atoms with van der Waals surface area (Å²) in [6.45, 7) is 4.11. The molecule has 2 aromatic heterocycles. The largest absolute Gasteiger partial charge is 0.436 e. The fourth-order valence-electron chi connectivity index (χ4n) is 3.93. The van der Waals surface area contributed by atoms with Gasteiger partial charge in [-0.05, 0) is 84.6 Å². The molecule has 4 nitrogen and oxygen atoms in total. The smallest absolute Gasteiger partial charge is 0.227 e. The molecular weight excluding hydrogens is 396 g/mol. The SMILES string of the molecule is Cc1ccc2oc(-c3ccc(-c4ccc(-c5nc6cc(C)ccc6o5)cc4)cc3)nc2c1. The lowest BCUT2D eigenvalue weighted by Gasteiger charge is -2.04. The Morgan fingerprint density at radius 1 is 0.469 bits per heavy atom. The normalized spacial score (nSPS) is 11.4. The molecule has 0 saturated carbocycles. The van der Waals surface area contributed by atoms with E-state index in [0.29, 0.717) is 11.8 Å². The van der Waals surface area contributed by atoms with Crippen molar-refractivity contribution in [3.63, 3.8) is 0 Å². The predicted octanol–water partition coefficient (Wildman–Crippen LogP) is 7.59. The molecule has 0 unspecified atom stereocenters. The summed E-state index contributed by atoms with van der Waals surface area (Å²) < 4.78 is 11.8. The minimum atomic E-state index is 0.638. The Morgan fingerprint density at radius 3 is 1.25 bits per heavy atom. The summed E-state index contributed by atoms with van der Waals surface area (Å²) in [6.07, 6.45) is 0. The predicted molar refractivity (Wildman–Crippen MR) is 127 cm³/mol. The Morgan fingerprint density at radius 2 is 0.844 bits per heavy atom. The topological polar surface area (TPSA) is 52.1 Å². The molecular formula is C28H20N2O2. The van der Waals surface area contributed by atoms with Gasteiger partial charge in [-0.3, -0.25) is 0 Å². The van der Waals surface area contributed by atoms with Crippen LogP contribution in [-0.2, 0) is 0 Å². The molecule has 0 amide bonds. The third kappa shape index (κ3) is 3.26. The van der Waals surface area contributed by atoms with Crippen molar-refractivity contribution in [3.05, 3.63) is 96.1 Å². The van der Waals surface area contributed by atoms with E-state index in [4.69, 9.17) is 8.83 Å². The van der Waals surface area contributed by atoms with Gasteiger partial charge in [0.2, 0.25) is 11.8 Å². The first-order chi connectivity index (χ1) is 15.6. The monoisotopic (exact) mass is 416 g/mol. The van der Waals surface area contributed by atoms with Gasteiger partial charge in [-0.1, -0.05) is 36.4 Å². The third-order valence-corrected chi connectivity index (χ3v) is 5.68. The molecule has 0 saturated heterocycles. The number of aromatic nitrogens is 2. The van der Waals surface area contributed by atoms with Gasteiger partial charge in [0, 0.05) is 11.1 Å². The molecule has 32 heavy (non-hydrogen) atoms. The van der Waals surface area contributed by atoms with Crippen LogP contribution < -0.4 is 0 Å². The molecule has 0 aliphatic heterocycles. The second-order valence-corrected chi connectivity index (χ2v) is 8.14. The number of benzene rings is 4. The van der Waals surface area contributed by atoms with E-state index >= 15 is 0 Å². The van der Waals surface area contributed by atoms with Crippen LogP contribution in [0.5, 0.6) is 0 Å². The Balaban J connectivity index is 1.27. The maximum Gasteiger partial charge on any atom is 0.227 e. The highest BCUT2D eigenvalue weighted by Gasteiger charge is 2.11. The van der Waals surface area contributed by atoms with E-state index in [-0.39, 0.29) is 0 Å². The van der Waals surface area contributed by atoms with Crippen molar-refractivity contribution in [2.24, 2.45) is 0 Å². The van der Waals surface area contributed by atoms with Gasteiger partial charge in [-0.25, -0.2) is 9.97 Å². The van der Waals surface area contributed by atoms with E-state index in [1.54, 1.807) is 0 Å². The average molecular weight is 416 g/mol. The van der Waals surface area contributed by atoms with Crippen LogP contribution in [0.15, 0.2) is 93.8 Å². The van der Waals surface area contributed by atoms with Gasteiger partial charge in [0.15, 0.2) is 11.2 Å². The summed E-state index contributed by atoms with van der Waals surface area (Å²) in [7, 11) is 0. The summed E-state index contributed by atoms with van der Waals surface area (Å²) >= 11 is 0. The molecule has 4 aromatic carbocycles. The number of hydrogen-bond acceptors (Lipinski definition) is 4. The van der Waals surface area contributed by atoms with Crippen molar-refractivity contribution >= 4 is 22.2 Å². The van der Waals surface area contributed by atoms with Crippen molar-refractivity contribution in [1.82, 2.24) is 9.97 Å². The maximum absolute atomic E-state index is 5.92. The first kappa shape index (κ1) is 18.6. The van der Waals surface area contributed by atoms with Crippen molar-refractivity contribution < 1.29 is 8.83 Å². The second kappa shape index (κ2) is 7.20. The summed E-state index contributed by atoms with van der Waals surface area (Å²) in [4.78, 5) is 9.26. The van der Waals surface area contributed by atoms with Gasteiger partial charge in [-0.15, -0.1) is 0 Å². The van der Waals surface area contributed by atoms with Crippen LogP contribution in [0.4, 0.5) is 0 Å². The minimum Gasteiger partial charge on any atom is -0.436 e. The van der Waals surface area contributed by atoms with Crippen LogP contribution in [0.1, 0.15) is 11.1 Å². The molecule has 6 rings (SSSR count). The standard InChI is InChI=1S/C28H20N2O2/c1-17-3-13-25-23(15-17)29-27(31-25)21-9-5-19(6-10-21)20-7-11-22(12-8-20)28-30-24-16-18(2)4-14-26(24)32-28/h3-16H,1-2H3. The van der Waals surface area contributed by atoms with Crippen LogP contribution >= 0.6 is 0 Å². The summed E-state index contributed by atoms with van der Waals surface area (Å²) in [6, 6.07) is 28.6. The lowest BCUT2D eigenvalue weighted by atomic mass is 10.0. The fraction of sp³-hybridized carbons (Fsp3) is 0.0714. The zero-order chi connectivity index (χ0) is 21.7. The van der Waals surface area contributed by atoms with Crippen LogP contribution in [0.3, 0.4) is 0 Å². The van der Waals surface area contributed by atoms with Crippen LogP contribution in [0, 0.1) is 13.8 Å². The van der Waals surface area contributed by atoms with Gasteiger partial charge in [0.1, 0.15) is 11.0 Å². The van der Waals surface area contributed by atoms with Crippen molar-refractivity contribution in [2.75, 3.05) is 0 Å². The molecule has 4 heteroatoms. The molecule has 0 N–H and O–H groups in total. The van der Waals surface area contributed by atoms with E-state index in [1.807, 2.05) is 60.7 Å². The van der Waals surface area contributed by atoms with Gasteiger partial charge in [0.25, 0.3) is 0 Å². The summed E-state index contributed by atoms with van der Waals surface area (Å²) in [5, 5.41) is 0. The van der Waals surface area contributed by atoms with E-state index in [1.165, 1.54) is 11.1 Å². The van der Waals surface area contributed by atoms with Crippen LogP contribution in [0.25, 0.3) is 56.2 Å². The number of rotatable bonds is 3. The molecule has 2 heterocycles. The fourth-order valence-corrected chi connectivity index (χ4v) is 3.93. The lowest BCUT2D eigenvalue weighted by Crippen LogP contribution is -1.82. The zero-order valence-electron chi connectivity index (χ0n) is 17.8. The molecule has 0 aliphatic rings. The Hall–Kier alpha value is -4.18. The Bertz CT molecular complexity index is 1450. The quantitative estimate of drug-likeness (QED) is 0.298. The zero-order valence-corrected chi connectivity index (χ0v) is 17.8. The first-order valence-corrected chi connectivity index (χ1v) is 10.6. The highest BCUT2D eigenvalue weighted by molar-refractivity contribution is 5.79. The molecule has 0 aliphatic carbocycles. The molecule has 6 aromatic rings. The number of fused-ring (bicyclic) bond motifs is 2. The van der Waals surface area contributed by atoms with Gasteiger partial charge in [0.05, 0.1) is 0 Å². The highest BCUT2D eigenvalue weighted by Crippen LogP contribution is 2.30. The van der Waals surface area contributed by atoms with E-state index < -0.39 is 0 Å². The molecule has 0 fully saturated rings. The van der Waals surface area contributed by atoms with Crippen LogP contribution in [0.2, 0.25) is 0 Å². The highest BCUT2D eigenvalue weighted by atomic mass is 16.4. The second-order valence-electron chi connectivity index (χ2n) is 8.14. The number of nitrogens with zero attached hydrogens (tertiary/aromatic N) is 2. The van der Waals surface area contributed by atoms with Crippen LogP contribution in [-0.4, -0.2) is 9.97 Å². The van der Waals surface area contributed by atoms with Crippen molar-refractivity contribution in [1.29, 1.82) is 0 Å². The Labute approximate surface area is 185 Å². The van der Waals surface area contributed by atoms with E-state index in [0.717, 1.165) is 44.5 Å². The van der Waals surface area contributed by atoms with Gasteiger partial charge < -0.3 is 8.83 Å². The summed E-state index contributed by atoms with van der Waals surface area (Å²) in [5.74, 6) is 1.28. The average Bonchev–Trinajstić information content (AvgIpc) is 3.43. The van der Waals surface area contributed by atoms with E-state index in [2.05, 4.69) is 48.1 Å². The molecule has 154 valence electrons. The minimum absolute atomic E-state index is 0.638.